The molecule has 3 rings (SSSR count). The maximum absolute atomic E-state index is 12.2. The first-order valence-electron chi connectivity index (χ1n) is 5.86. The predicted molar refractivity (Wildman–Crippen MR) is 76.3 cm³/mol. The van der Waals surface area contributed by atoms with Crippen molar-refractivity contribution < 1.29 is 0 Å². The molecule has 0 unspecified atom stereocenters. The second kappa shape index (κ2) is 4.71. The molecule has 0 aliphatic rings. The van der Waals surface area contributed by atoms with Gasteiger partial charge in [-0.25, -0.2) is 0 Å². The Morgan fingerprint density at radius 3 is 2.79 bits per heavy atom. The zero-order valence-electron chi connectivity index (χ0n) is 10.0. The average Bonchev–Trinajstić information content (AvgIpc) is 2.76. The highest BCUT2D eigenvalue weighted by molar-refractivity contribution is 7.13. The molecule has 0 amide bonds. The van der Waals surface area contributed by atoms with Crippen LogP contribution in [0.3, 0.4) is 0 Å². The van der Waals surface area contributed by atoms with E-state index in [0.29, 0.717) is 12.1 Å². The second-order valence-electron chi connectivity index (χ2n) is 4.24. The molecule has 1 heterocycles. The Morgan fingerprint density at radius 1 is 1.16 bits per heavy atom. The molecule has 0 aliphatic heterocycles. The van der Waals surface area contributed by atoms with Gasteiger partial charge in [0.25, 0.3) is 5.56 Å². The number of rotatable bonds is 2. The van der Waals surface area contributed by atoms with Crippen LogP contribution in [0.4, 0.5) is 0 Å². The van der Waals surface area contributed by atoms with Gasteiger partial charge in [0.05, 0.1) is 28.3 Å². The molecule has 0 spiro atoms. The first-order valence-corrected chi connectivity index (χ1v) is 6.63. The van der Waals surface area contributed by atoms with Gasteiger partial charge in [0.15, 0.2) is 0 Å². The average molecular weight is 266 g/mol. The maximum Gasteiger partial charge on any atom is 0.268 e. The van der Waals surface area contributed by atoms with E-state index < -0.39 is 0 Å². The number of hydrogen-bond donors (Lipinski definition) is 0. The molecule has 0 aliphatic carbocycles. The first-order chi connectivity index (χ1) is 9.28. The minimum Gasteiger partial charge on any atom is -0.268 e. The van der Waals surface area contributed by atoms with Crippen molar-refractivity contribution in [3.63, 3.8) is 0 Å². The van der Waals surface area contributed by atoms with Crippen LogP contribution in [0, 0.1) is 11.3 Å². The third-order valence-corrected chi connectivity index (χ3v) is 4.00. The zero-order valence-corrected chi connectivity index (χ0v) is 10.9. The van der Waals surface area contributed by atoms with Crippen molar-refractivity contribution in [1.82, 2.24) is 3.96 Å². The fourth-order valence-electron chi connectivity index (χ4n) is 2.03. The highest BCUT2D eigenvalue weighted by Crippen LogP contribution is 2.17. The first kappa shape index (κ1) is 11.7. The fraction of sp³-hybridized carbons (Fsp3) is 0.0667. The Hall–Kier alpha value is -2.38. The number of nitrogens with zero attached hydrogens (tertiary/aromatic N) is 2. The molecule has 3 aromatic rings. The summed E-state index contributed by atoms with van der Waals surface area (Å²) in [4.78, 5) is 12.2. The summed E-state index contributed by atoms with van der Waals surface area (Å²) >= 11 is 1.45. The largest absolute Gasteiger partial charge is 0.268 e. The lowest BCUT2D eigenvalue weighted by atomic mass is 10.1. The van der Waals surface area contributed by atoms with Gasteiger partial charge in [0, 0.05) is 0 Å². The summed E-state index contributed by atoms with van der Waals surface area (Å²) in [7, 11) is 0. The van der Waals surface area contributed by atoms with Gasteiger partial charge in [-0.15, -0.1) is 0 Å². The van der Waals surface area contributed by atoms with Crippen molar-refractivity contribution in [1.29, 1.82) is 5.26 Å². The van der Waals surface area contributed by atoms with E-state index in [1.165, 1.54) is 11.5 Å². The van der Waals surface area contributed by atoms with Crippen molar-refractivity contribution in [2.45, 2.75) is 6.54 Å². The fourth-order valence-corrected chi connectivity index (χ4v) is 3.05. The molecule has 0 atom stereocenters. The minimum absolute atomic E-state index is 0.0305. The van der Waals surface area contributed by atoms with Gasteiger partial charge in [-0.2, -0.15) is 5.26 Å². The third kappa shape index (κ3) is 2.16. The van der Waals surface area contributed by atoms with E-state index in [2.05, 4.69) is 6.07 Å². The van der Waals surface area contributed by atoms with Crippen molar-refractivity contribution in [3.05, 3.63) is 70.0 Å². The third-order valence-electron chi connectivity index (χ3n) is 2.93. The molecule has 0 radical (unpaired) electrons. The topological polar surface area (TPSA) is 45.8 Å². The van der Waals surface area contributed by atoms with Crippen molar-refractivity contribution >= 4 is 21.6 Å². The van der Waals surface area contributed by atoms with Gasteiger partial charge in [-0.05, 0) is 29.8 Å². The Kier molecular flexibility index (Phi) is 2.90. The van der Waals surface area contributed by atoms with Crippen molar-refractivity contribution in [2.24, 2.45) is 0 Å². The number of aromatic nitrogens is 1. The summed E-state index contributed by atoms with van der Waals surface area (Å²) in [6.45, 7) is 0.508. The number of hydrogen-bond acceptors (Lipinski definition) is 3. The molecule has 0 N–H and O–H groups in total. The standard InChI is InChI=1S/C15H10N2OS/c16-9-11-4-3-5-12(8-11)10-17-15(18)13-6-1-2-7-14(13)19-17/h1-8H,10H2. The molecule has 0 bridgehead atoms. The predicted octanol–water partition coefficient (Wildman–Crippen LogP) is 2.98. The molecule has 4 heteroatoms. The second-order valence-corrected chi connectivity index (χ2v) is 5.30. The normalized spacial score (nSPS) is 10.5. The van der Waals surface area contributed by atoms with Crippen LogP contribution >= 0.6 is 11.5 Å². The van der Waals surface area contributed by atoms with Crippen LogP contribution in [0.25, 0.3) is 10.1 Å². The summed E-state index contributed by atoms with van der Waals surface area (Å²) in [5, 5.41) is 9.63. The smallest absolute Gasteiger partial charge is 0.268 e. The van der Waals surface area contributed by atoms with Crippen LogP contribution in [0.15, 0.2) is 53.3 Å². The monoisotopic (exact) mass is 266 g/mol. The lowest BCUT2D eigenvalue weighted by Gasteiger charge is -2.01. The van der Waals surface area contributed by atoms with Gasteiger partial charge in [-0.3, -0.25) is 8.75 Å². The molecular formula is C15H10N2OS. The quantitative estimate of drug-likeness (QED) is 0.715. The van der Waals surface area contributed by atoms with Gasteiger partial charge < -0.3 is 0 Å². The number of nitriles is 1. The molecule has 19 heavy (non-hydrogen) atoms. The summed E-state index contributed by atoms with van der Waals surface area (Å²) in [5.74, 6) is 0. The van der Waals surface area contributed by atoms with E-state index in [1.54, 1.807) is 10.0 Å². The molecule has 92 valence electrons. The van der Waals surface area contributed by atoms with E-state index in [1.807, 2.05) is 42.5 Å². The summed E-state index contributed by atoms with van der Waals surface area (Å²) in [5.41, 5.74) is 1.61. The van der Waals surface area contributed by atoms with Crippen LogP contribution < -0.4 is 5.56 Å². The van der Waals surface area contributed by atoms with E-state index in [-0.39, 0.29) is 5.56 Å². The van der Waals surface area contributed by atoms with Gasteiger partial charge in [0.2, 0.25) is 0 Å². The maximum atomic E-state index is 12.2. The molecule has 0 saturated carbocycles. The minimum atomic E-state index is 0.0305. The summed E-state index contributed by atoms with van der Waals surface area (Å²) in [6.07, 6.45) is 0. The van der Waals surface area contributed by atoms with Gasteiger partial charge in [0.1, 0.15) is 0 Å². The lowest BCUT2D eigenvalue weighted by molar-refractivity contribution is 0.854. The van der Waals surface area contributed by atoms with Gasteiger partial charge >= 0.3 is 0 Å². The number of fused-ring (bicyclic) bond motifs is 1. The SMILES string of the molecule is N#Cc1cccc(Cn2sc3ccccc3c2=O)c1. The number of benzene rings is 2. The summed E-state index contributed by atoms with van der Waals surface area (Å²) < 4.78 is 2.71. The van der Waals surface area contributed by atoms with Crippen LogP contribution in [0.1, 0.15) is 11.1 Å². The Labute approximate surface area is 114 Å². The highest BCUT2D eigenvalue weighted by Gasteiger charge is 2.07. The Balaban J connectivity index is 2.04. The molecule has 1 aromatic heterocycles. The van der Waals surface area contributed by atoms with Crippen molar-refractivity contribution in [3.8, 4) is 6.07 Å². The van der Waals surface area contributed by atoms with E-state index in [4.69, 9.17) is 5.26 Å². The summed E-state index contributed by atoms with van der Waals surface area (Å²) in [6, 6.07) is 17.0. The van der Waals surface area contributed by atoms with Crippen LogP contribution in [-0.2, 0) is 6.54 Å². The van der Waals surface area contributed by atoms with Crippen LogP contribution in [-0.4, -0.2) is 3.96 Å². The van der Waals surface area contributed by atoms with Crippen molar-refractivity contribution in [2.75, 3.05) is 0 Å². The Morgan fingerprint density at radius 2 is 2.00 bits per heavy atom. The van der Waals surface area contributed by atoms with Crippen LogP contribution in [0.5, 0.6) is 0 Å². The van der Waals surface area contributed by atoms with E-state index in [9.17, 15) is 4.79 Å². The van der Waals surface area contributed by atoms with E-state index in [0.717, 1.165) is 15.6 Å². The van der Waals surface area contributed by atoms with Gasteiger partial charge in [-0.1, -0.05) is 35.8 Å². The molecule has 2 aromatic carbocycles. The van der Waals surface area contributed by atoms with Crippen LogP contribution in [0.2, 0.25) is 0 Å². The molecule has 3 nitrogen and oxygen atoms in total. The molecule has 0 saturated heterocycles. The Bertz CT molecular complexity index is 839. The molecular weight excluding hydrogens is 256 g/mol. The highest BCUT2D eigenvalue weighted by atomic mass is 32.1. The zero-order chi connectivity index (χ0) is 13.2. The molecule has 0 fully saturated rings. The van der Waals surface area contributed by atoms with E-state index >= 15 is 0 Å². The lowest BCUT2D eigenvalue weighted by Crippen LogP contribution is -2.13.